The van der Waals surface area contributed by atoms with E-state index in [0.29, 0.717) is 28.8 Å². The molecule has 4 rings (SSSR count). The monoisotopic (exact) mass is 424 g/mol. The number of H-pyrrole nitrogens is 1. The summed E-state index contributed by atoms with van der Waals surface area (Å²) in [7, 11) is 0. The van der Waals surface area contributed by atoms with Gasteiger partial charge in [0.05, 0.1) is 15.4 Å². The van der Waals surface area contributed by atoms with Crippen LogP contribution in [0, 0.1) is 0 Å². The van der Waals surface area contributed by atoms with Crippen molar-refractivity contribution in [2.24, 2.45) is 0 Å². The van der Waals surface area contributed by atoms with E-state index in [1.807, 2.05) is 30.3 Å². The van der Waals surface area contributed by atoms with E-state index in [0.717, 1.165) is 26.4 Å². The Kier molecular flexibility index (Phi) is 5.28. The Morgan fingerprint density at radius 3 is 2.72 bits per heavy atom. The van der Waals surface area contributed by atoms with Gasteiger partial charge < -0.3 is 16.0 Å². The summed E-state index contributed by atoms with van der Waals surface area (Å²) in [5.74, 6) is 0.955. The van der Waals surface area contributed by atoms with E-state index in [4.69, 9.17) is 17.3 Å². The van der Waals surface area contributed by atoms with Gasteiger partial charge in [0.25, 0.3) is 0 Å². The highest BCUT2D eigenvalue weighted by atomic mass is 35.5. The van der Waals surface area contributed by atoms with Gasteiger partial charge in [-0.25, -0.2) is 4.98 Å². The van der Waals surface area contributed by atoms with Crippen LogP contribution in [0.25, 0.3) is 21.1 Å². The molecule has 146 valence electrons. The maximum absolute atomic E-state index is 11.4. The van der Waals surface area contributed by atoms with Crippen molar-refractivity contribution in [3.63, 3.8) is 0 Å². The zero-order valence-electron chi connectivity index (χ0n) is 15.4. The highest BCUT2D eigenvalue weighted by molar-refractivity contribution is 7.19. The van der Waals surface area contributed by atoms with Crippen molar-refractivity contribution < 1.29 is 4.79 Å². The van der Waals surface area contributed by atoms with Gasteiger partial charge in [-0.2, -0.15) is 0 Å². The third kappa shape index (κ3) is 4.13. The Bertz CT molecular complexity index is 1150. The normalized spacial score (nSPS) is 10.8. The predicted octanol–water partition coefficient (Wildman–Crippen LogP) is 4.38. The highest BCUT2D eigenvalue weighted by Gasteiger charge is 2.21. The Balaban J connectivity index is 1.80. The lowest BCUT2D eigenvalue weighted by Crippen LogP contribution is -2.07. The van der Waals surface area contributed by atoms with Crippen molar-refractivity contribution in [3.05, 3.63) is 65.1 Å². The van der Waals surface area contributed by atoms with Gasteiger partial charge in [0, 0.05) is 30.1 Å². The van der Waals surface area contributed by atoms with Gasteiger partial charge in [0.1, 0.15) is 12.1 Å². The summed E-state index contributed by atoms with van der Waals surface area (Å²) < 4.78 is 0. The zero-order valence-corrected chi connectivity index (χ0v) is 17.0. The lowest BCUT2D eigenvalue weighted by molar-refractivity contribution is -0.114. The van der Waals surface area contributed by atoms with Gasteiger partial charge in [-0.3, -0.25) is 4.79 Å². The molecular formula is C20H17ClN6OS. The molecule has 0 aliphatic carbocycles. The molecule has 4 N–H and O–H groups in total. The molecule has 0 aliphatic heterocycles. The third-order valence-corrected chi connectivity index (χ3v) is 5.86. The number of carbonyl (C=O) groups is 1. The van der Waals surface area contributed by atoms with Gasteiger partial charge in [0.2, 0.25) is 5.91 Å². The molecule has 3 heterocycles. The Morgan fingerprint density at radius 1 is 1.24 bits per heavy atom. The molecule has 9 heteroatoms. The van der Waals surface area contributed by atoms with Crippen LogP contribution in [0.15, 0.2) is 48.9 Å². The van der Waals surface area contributed by atoms with E-state index in [-0.39, 0.29) is 5.91 Å². The molecular weight excluding hydrogens is 408 g/mol. The number of halogens is 1. The molecule has 4 aromatic rings. The summed E-state index contributed by atoms with van der Waals surface area (Å²) in [6, 6.07) is 11.3. The largest absolute Gasteiger partial charge is 0.397 e. The second-order valence-corrected chi connectivity index (χ2v) is 7.86. The fourth-order valence-electron chi connectivity index (χ4n) is 3.00. The summed E-state index contributed by atoms with van der Waals surface area (Å²) in [4.78, 5) is 20.4. The topological polar surface area (TPSA) is 110 Å². The van der Waals surface area contributed by atoms with E-state index >= 15 is 0 Å². The van der Waals surface area contributed by atoms with E-state index in [9.17, 15) is 4.79 Å². The smallest absolute Gasteiger partial charge is 0.222 e. The Morgan fingerprint density at radius 2 is 2.03 bits per heavy atom. The first-order valence-corrected chi connectivity index (χ1v) is 9.96. The molecule has 0 aliphatic rings. The van der Waals surface area contributed by atoms with Crippen LogP contribution in [0.2, 0.25) is 5.02 Å². The average molecular weight is 425 g/mol. The molecule has 7 nitrogen and oxygen atoms in total. The Hall–Kier alpha value is -3.23. The molecule has 0 saturated carbocycles. The van der Waals surface area contributed by atoms with Crippen molar-refractivity contribution in [2.45, 2.75) is 13.3 Å². The third-order valence-electron chi connectivity index (χ3n) is 4.30. The number of hydrogen-bond donors (Lipinski definition) is 3. The summed E-state index contributed by atoms with van der Waals surface area (Å²) in [6.07, 6.45) is 3.81. The van der Waals surface area contributed by atoms with Crippen LogP contribution in [-0.2, 0) is 11.2 Å². The molecule has 1 amide bonds. The molecule has 0 atom stereocenters. The second-order valence-electron chi connectivity index (χ2n) is 6.40. The van der Waals surface area contributed by atoms with E-state index in [2.05, 4.69) is 25.5 Å². The van der Waals surface area contributed by atoms with Gasteiger partial charge >= 0.3 is 0 Å². The number of carbonyl (C=O) groups excluding carboxylic acids is 1. The summed E-state index contributed by atoms with van der Waals surface area (Å²) in [5.41, 5.74) is 10.2. The number of hydrogen-bond acceptors (Lipinski definition) is 6. The van der Waals surface area contributed by atoms with Crippen molar-refractivity contribution in [1.29, 1.82) is 0 Å². The fourth-order valence-corrected chi connectivity index (χ4v) is 4.31. The first-order chi connectivity index (χ1) is 14.0. The van der Waals surface area contributed by atoms with Crippen molar-refractivity contribution in [2.75, 3.05) is 11.1 Å². The van der Waals surface area contributed by atoms with Gasteiger partial charge in [-0.1, -0.05) is 23.7 Å². The highest BCUT2D eigenvalue weighted by Crippen LogP contribution is 2.44. The van der Waals surface area contributed by atoms with Crippen LogP contribution < -0.4 is 11.1 Å². The number of thiophene rings is 1. The van der Waals surface area contributed by atoms with E-state index < -0.39 is 0 Å². The second kappa shape index (κ2) is 8.02. The molecule has 0 saturated heterocycles. The first-order valence-electron chi connectivity index (χ1n) is 8.77. The van der Waals surface area contributed by atoms with Gasteiger partial charge in [-0.05, 0) is 35.4 Å². The lowest BCUT2D eigenvalue weighted by Gasteiger charge is -2.06. The van der Waals surface area contributed by atoms with E-state index in [1.54, 1.807) is 12.3 Å². The number of rotatable bonds is 5. The van der Waals surface area contributed by atoms with Crippen LogP contribution >= 0.6 is 22.9 Å². The molecule has 0 fully saturated rings. The lowest BCUT2D eigenvalue weighted by atomic mass is 10.0. The van der Waals surface area contributed by atoms with Crippen LogP contribution in [-0.4, -0.2) is 26.1 Å². The standard InChI is InChI=1S/C20H17ClN6OS/c1-11(28)26-16-9-13(6-7-23-16)18-17(22)15(8-12-2-4-14(21)5-3-12)19(29-18)20-24-10-25-27-20/h2-7,9-10H,8,22H2,1H3,(H,23,26,28)(H,24,25,27). The number of amides is 1. The number of anilines is 2. The minimum Gasteiger partial charge on any atom is -0.397 e. The summed E-state index contributed by atoms with van der Waals surface area (Å²) in [6.45, 7) is 1.44. The van der Waals surface area contributed by atoms with Crippen LogP contribution in [0.3, 0.4) is 0 Å². The van der Waals surface area contributed by atoms with Crippen LogP contribution in [0.4, 0.5) is 11.5 Å². The number of nitrogen functional groups attached to an aromatic ring is 1. The SMILES string of the molecule is CC(=O)Nc1cc(-c2sc(-c3nnc[nH]3)c(Cc3ccc(Cl)cc3)c2N)ccn1. The molecule has 0 radical (unpaired) electrons. The number of pyridine rings is 1. The maximum Gasteiger partial charge on any atom is 0.222 e. The molecule has 0 bridgehead atoms. The number of nitrogens with two attached hydrogens (primary N) is 1. The van der Waals surface area contributed by atoms with Crippen molar-refractivity contribution >= 4 is 40.4 Å². The maximum atomic E-state index is 11.4. The minimum atomic E-state index is -0.181. The molecule has 29 heavy (non-hydrogen) atoms. The van der Waals surface area contributed by atoms with Crippen LogP contribution in [0.5, 0.6) is 0 Å². The molecule has 0 unspecified atom stereocenters. The predicted molar refractivity (Wildman–Crippen MR) is 116 cm³/mol. The molecule has 1 aromatic carbocycles. The molecule has 0 spiro atoms. The zero-order chi connectivity index (χ0) is 20.4. The number of aromatic nitrogens is 4. The fraction of sp³-hybridized carbons (Fsp3) is 0.100. The van der Waals surface area contributed by atoms with Gasteiger partial charge in [-0.15, -0.1) is 21.5 Å². The summed E-state index contributed by atoms with van der Waals surface area (Å²) in [5, 5.41) is 11.5. The van der Waals surface area contributed by atoms with E-state index in [1.165, 1.54) is 24.6 Å². The molecule has 3 aromatic heterocycles. The minimum absolute atomic E-state index is 0.181. The van der Waals surface area contributed by atoms with Gasteiger partial charge in [0.15, 0.2) is 5.82 Å². The van der Waals surface area contributed by atoms with Crippen molar-refractivity contribution in [1.82, 2.24) is 20.2 Å². The number of aromatic amines is 1. The van der Waals surface area contributed by atoms with Crippen molar-refractivity contribution in [3.8, 4) is 21.1 Å². The average Bonchev–Trinajstić information content (AvgIpc) is 3.32. The number of nitrogens with one attached hydrogen (secondary N) is 2. The number of benzene rings is 1. The Labute approximate surface area is 176 Å². The quantitative estimate of drug-likeness (QED) is 0.440. The van der Waals surface area contributed by atoms with Crippen LogP contribution in [0.1, 0.15) is 18.1 Å². The first kappa shape index (κ1) is 19.1. The summed E-state index contributed by atoms with van der Waals surface area (Å²) >= 11 is 7.53. The number of nitrogens with zero attached hydrogens (tertiary/aromatic N) is 3.